The van der Waals surface area contributed by atoms with Crippen LogP contribution in [0.2, 0.25) is 0 Å². The largest absolute Gasteiger partial charge is 0.357 e. The third kappa shape index (κ3) is 3.69. The molecule has 0 aliphatic carbocycles. The quantitative estimate of drug-likeness (QED) is 0.677. The molecule has 2 N–H and O–H groups in total. The summed E-state index contributed by atoms with van der Waals surface area (Å²) in [4.78, 5) is 35.3. The second-order valence-electron chi connectivity index (χ2n) is 8.27. The smallest absolute Gasteiger partial charge is 0.253 e. The molecule has 0 bridgehead atoms. The number of nitrogens with one attached hydrogen (secondary N) is 2. The monoisotopic (exact) mass is 408 g/mol. The van der Waals surface area contributed by atoms with Crippen molar-refractivity contribution in [1.29, 1.82) is 0 Å². The number of rotatable bonds is 5. The number of carbonyl (C=O) groups is 1. The van der Waals surface area contributed by atoms with E-state index in [4.69, 9.17) is 4.98 Å². The Bertz CT molecular complexity index is 1150. The van der Waals surface area contributed by atoms with E-state index in [-0.39, 0.29) is 24.1 Å². The number of aromatic nitrogens is 4. The number of pyridine rings is 2. The maximum Gasteiger partial charge on any atom is 0.253 e. The fourth-order valence-electron chi connectivity index (χ4n) is 4.04. The summed E-state index contributed by atoms with van der Waals surface area (Å²) in [5, 5.41) is 8.11. The first-order chi connectivity index (χ1) is 14.3. The van der Waals surface area contributed by atoms with Crippen molar-refractivity contribution in [3.63, 3.8) is 0 Å². The van der Waals surface area contributed by atoms with Crippen molar-refractivity contribution in [2.75, 3.05) is 18.0 Å². The van der Waals surface area contributed by atoms with E-state index in [1.807, 2.05) is 44.5 Å². The molecular weight excluding hydrogens is 380 g/mol. The third-order valence-corrected chi connectivity index (χ3v) is 5.64. The molecule has 8 heteroatoms. The number of aryl methyl sites for hydroxylation is 2. The lowest BCUT2D eigenvalue weighted by molar-refractivity contribution is 0.0952. The highest BCUT2D eigenvalue weighted by atomic mass is 16.1. The summed E-state index contributed by atoms with van der Waals surface area (Å²) in [5.41, 5.74) is 3.32. The standard InChI is InChI=1S/C22H28N6O2/c1-13(2)28-20-18(12-24-28)16(10-19(26-20)27-7-5-6-8-27)21(29)23-11-17-14(3)9-15(4)25-22(17)30/h9-10,12-13H,5-8,11H2,1-4H3,(H,23,29)(H,25,30). The summed E-state index contributed by atoms with van der Waals surface area (Å²) < 4.78 is 1.85. The molecular formula is C22H28N6O2. The molecule has 4 rings (SSSR count). The van der Waals surface area contributed by atoms with Gasteiger partial charge in [-0.1, -0.05) is 0 Å². The molecule has 3 aromatic rings. The van der Waals surface area contributed by atoms with Gasteiger partial charge in [-0.3, -0.25) is 9.59 Å². The molecule has 0 saturated carbocycles. The van der Waals surface area contributed by atoms with Crippen LogP contribution in [0, 0.1) is 13.8 Å². The zero-order chi connectivity index (χ0) is 21.4. The van der Waals surface area contributed by atoms with Gasteiger partial charge in [0.1, 0.15) is 5.82 Å². The molecule has 4 heterocycles. The Morgan fingerprint density at radius 3 is 2.63 bits per heavy atom. The van der Waals surface area contributed by atoms with Crippen molar-refractivity contribution >= 4 is 22.8 Å². The number of carbonyl (C=O) groups excluding carboxylic acids is 1. The highest BCUT2D eigenvalue weighted by Crippen LogP contribution is 2.27. The average molecular weight is 409 g/mol. The first-order valence-electron chi connectivity index (χ1n) is 10.5. The van der Waals surface area contributed by atoms with E-state index in [2.05, 4.69) is 20.3 Å². The minimum absolute atomic E-state index is 0.133. The molecule has 8 nitrogen and oxygen atoms in total. The fraction of sp³-hybridized carbons (Fsp3) is 0.455. The van der Waals surface area contributed by atoms with Crippen LogP contribution in [0.15, 0.2) is 23.1 Å². The van der Waals surface area contributed by atoms with E-state index in [0.29, 0.717) is 16.8 Å². The molecule has 30 heavy (non-hydrogen) atoms. The van der Waals surface area contributed by atoms with E-state index >= 15 is 0 Å². The molecule has 1 aliphatic heterocycles. The Labute approximate surface area is 175 Å². The van der Waals surface area contributed by atoms with Crippen molar-refractivity contribution in [1.82, 2.24) is 25.1 Å². The highest BCUT2D eigenvalue weighted by molar-refractivity contribution is 6.06. The van der Waals surface area contributed by atoms with E-state index in [1.54, 1.807) is 6.20 Å². The van der Waals surface area contributed by atoms with Crippen LogP contribution in [0.5, 0.6) is 0 Å². The van der Waals surface area contributed by atoms with Crippen molar-refractivity contribution in [3.05, 3.63) is 51.1 Å². The van der Waals surface area contributed by atoms with Crippen LogP contribution in [-0.4, -0.2) is 38.7 Å². The molecule has 1 fully saturated rings. The lowest BCUT2D eigenvalue weighted by Crippen LogP contribution is -2.28. The normalized spacial score (nSPS) is 14.1. The van der Waals surface area contributed by atoms with Crippen molar-refractivity contribution < 1.29 is 4.79 Å². The number of H-pyrrole nitrogens is 1. The number of fused-ring (bicyclic) bond motifs is 1. The van der Waals surface area contributed by atoms with Crippen LogP contribution in [0.4, 0.5) is 5.82 Å². The number of amides is 1. The van der Waals surface area contributed by atoms with E-state index in [0.717, 1.165) is 48.4 Å². The zero-order valence-corrected chi connectivity index (χ0v) is 18.0. The summed E-state index contributed by atoms with van der Waals surface area (Å²) in [5.74, 6) is 0.572. The topological polar surface area (TPSA) is 95.9 Å². The summed E-state index contributed by atoms with van der Waals surface area (Å²) in [6.45, 7) is 9.86. The second-order valence-corrected chi connectivity index (χ2v) is 8.27. The number of anilines is 1. The van der Waals surface area contributed by atoms with E-state index in [1.165, 1.54) is 0 Å². The van der Waals surface area contributed by atoms with Gasteiger partial charge < -0.3 is 15.2 Å². The van der Waals surface area contributed by atoms with Gasteiger partial charge in [0.15, 0.2) is 5.65 Å². The van der Waals surface area contributed by atoms with Gasteiger partial charge in [0.05, 0.1) is 17.1 Å². The Morgan fingerprint density at radius 1 is 1.23 bits per heavy atom. The van der Waals surface area contributed by atoms with Gasteiger partial charge in [-0.25, -0.2) is 9.67 Å². The first-order valence-corrected chi connectivity index (χ1v) is 10.5. The van der Waals surface area contributed by atoms with Crippen LogP contribution in [0.25, 0.3) is 11.0 Å². The Hall–Kier alpha value is -3.16. The minimum Gasteiger partial charge on any atom is -0.357 e. The lowest BCUT2D eigenvalue weighted by atomic mass is 10.1. The summed E-state index contributed by atoms with van der Waals surface area (Å²) in [6, 6.07) is 3.89. The number of hydrogen-bond acceptors (Lipinski definition) is 5. The van der Waals surface area contributed by atoms with Gasteiger partial charge in [-0.2, -0.15) is 5.10 Å². The molecule has 1 amide bonds. The predicted octanol–water partition coefficient (Wildman–Crippen LogP) is 2.85. The maximum atomic E-state index is 13.2. The van der Waals surface area contributed by atoms with Gasteiger partial charge in [-0.15, -0.1) is 0 Å². The summed E-state index contributed by atoms with van der Waals surface area (Å²) in [6.07, 6.45) is 3.95. The molecule has 0 spiro atoms. The Balaban J connectivity index is 1.70. The SMILES string of the molecule is Cc1cc(C)c(CNC(=O)c2cc(N3CCCC3)nc3c2cnn3C(C)C)c(=O)[nH]1. The van der Waals surface area contributed by atoms with Gasteiger partial charge in [0.25, 0.3) is 11.5 Å². The van der Waals surface area contributed by atoms with Crippen LogP contribution < -0.4 is 15.8 Å². The van der Waals surface area contributed by atoms with Crippen molar-refractivity contribution in [2.45, 2.75) is 53.1 Å². The number of hydrogen-bond donors (Lipinski definition) is 2. The van der Waals surface area contributed by atoms with E-state index in [9.17, 15) is 9.59 Å². The Morgan fingerprint density at radius 2 is 1.97 bits per heavy atom. The van der Waals surface area contributed by atoms with Crippen LogP contribution >= 0.6 is 0 Å². The van der Waals surface area contributed by atoms with Crippen LogP contribution in [0.1, 0.15) is 59.9 Å². The third-order valence-electron chi connectivity index (χ3n) is 5.64. The average Bonchev–Trinajstić information content (AvgIpc) is 3.35. The van der Waals surface area contributed by atoms with E-state index < -0.39 is 0 Å². The molecule has 0 unspecified atom stereocenters. The van der Waals surface area contributed by atoms with Crippen LogP contribution in [0.3, 0.4) is 0 Å². The zero-order valence-electron chi connectivity index (χ0n) is 18.0. The fourth-order valence-corrected chi connectivity index (χ4v) is 4.04. The summed E-state index contributed by atoms with van der Waals surface area (Å²) >= 11 is 0. The van der Waals surface area contributed by atoms with Crippen molar-refractivity contribution in [3.8, 4) is 0 Å². The molecule has 158 valence electrons. The molecule has 1 saturated heterocycles. The van der Waals surface area contributed by atoms with Gasteiger partial charge in [0, 0.05) is 36.9 Å². The molecule has 0 aromatic carbocycles. The maximum absolute atomic E-state index is 13.2. The molecule has 3 aromatic heterocycles. The predicted molar refractivity (Wildman–Crippen MR) is 117 cm³/mol. The highest BCUT2D eigenvalue weighted by Gasteiger charge is 2.22. The Kier molecular flexibility index (Phi) is 5.32. The second kappa shape index (κ2) is 7.93. The number of aromatic amines is 1. The number of nitrogens with zero attached hydrogens (tertiary/aromatic N) is 4. The summed E-state index contributed by atoms with van der Waals surface area (Å²) in [7, 11) is 0. The molecule has 0 atom stereocenters. The van der Waals surface area contributed by atoms with Crippen molar-refractivity contribution in [2.24, 2.45) is 0 Å². The van der Waals surface area contributed by atoms with Gasteiger partial charge in [0.2, 0.25) is 0 Å². The van der Waals surface area contributed by atoms with Gasteiger partial charge >= 0.3 is 0 Å². The van der Waals surface area contributed by atoms with Crippen LogP contribution in [-0.2, 0) is 6.54 Å². The molecule has 1 aliphatic rings. The first kappa shape index (κ1) is 20.1. The molecule has 0 radical (unpaired) electrons. The minimum atomic E-state index is -0.231. The van der Waals surface area contributed by atoms with Gasteiger partial charge in [-0.05, 0) is 58.2 Å². The lowest BCUT2D eigenvalue weighted by Gasteiger charge is -2.18.